The lowest BCUT2D eigenvalue weighted by Crippen LogP contribution is -2.00. The molecule has 0 radical (unpaired) electrons. The topological polar surface area (TPSA) is 82.1 Å². The van der Waals surface area contributed by atoms with Crippen LogP contribution in [0.2, 0.25) is 0 Å². The van der Waals surface area contributed by atoms with Crippen molar-refractivity contribution < 1.29 is 28.9 Å². The van der Waals surface area contributed by atoms with Crippen LogP contribution in [0.1, 0.15) is 58.0 Å². The first kappa shape index (κ1) is 22.0. The van der Waals surface area contributed by atoms with Gasteiger partial charge >= 0.3 is 0 Å². The molecular weight excluding hydrogens is 372 g/mol. The molecule has 0 spiro atoms. The smallest absolute Gasteiger partial charge is 0.203 e. The second kappa shape index (κ2) is 9.78. The van der Waals surface area contributed by atoms with Gasteiger partial charge in [0.15, 0.2) is 23.6 Å². The van der Waals surface area contributed by atoms with Gasteiger partial charge in [-0.05, 0) is 53.8 Å². The zero-order valence-corrected chi connectivity index (χ0v) is 17.3. The number of phenolic OH excluding ortho intramolecular Hbond substituents is 1. The van der Waals surface area contributed by atoms with Crippen LogP contribution in [-0.4, -0.2) is 38.5 Å². The highest BCUT2D eigenvalue weighted by molar-refractivity contribution is 6.07. The first-order valence-electron chi connectivity index (χ1n) is 9.24. The van der Waals surface area contributed by atoms with Crippen molar-refractivity contribution in [3.8, 4) is 23.0 Å². The molecule has 0 aliphatic heterocycles. The van der Waals surface area contributed by atoms with Crippen molar-refractivity contribution in [1.29, 1.82) is 0 Å². The van der Waals surface area contributed by atoms with Crippen molar-refractivity contribution in [2.45, 2.75) is 26.2 Å². The molecule has 29 heavy (non-hydrogen) atoms. The third-order valence-electron chi connectivity index (χ3n) is 4.84. The monoisotopic (exact) mass is 398 g/mol. The number of hydrogen-bond donors (Lipinski definition) is 1. The third-order valence-corrected chi connectivity index (χ3v) is 4.84. The van der Waals surface area contributed by atoms with Gasteiger partial charge in [0.25, 0.3) is 0 Å². The highest BCUT2D eigenvalue weighted by Gasteiger charge is 2.16. The summed E-state index contributed by atoms with van der Waals surface area (Å²) in [6.07, 6.45) is 4.44. The van der Waals surface area contributed by atoms with Crippen LogP contribution in [0, 0.1) is 0 Å². The predicted octanol–water partition coefficient (Wildman–Crippen LogP) is 4.64. The highest BCUT2D eigenvalue weighted by Crippen LogP contribution is 2.38. The summed E-state index contributed by atoms with van der Waals surface area (Å²) < 4.78 is 15.8. The lowest BCUT2D eigenvalue weighted by atomic mass is 9.93. The number of hydrogen-bond acceptors (Lipinski definition) is 6. The van der Waals surface area contributed by atoms with Gasteiger partial charge in [0.1, 0.15) is 5.75 Å². The number of ketones is 1. The quantitative estimate of drug-likeness (QED) is 0.376. The molecule has 1 atom stereocenters. The summed E-state index contributed by atoms with van der Waals surface area (Å²) in [5, 5.41) is 10.3. The molecule has 1 N–H and O–H groups in total. The maximum Gasteiger partial charge on any atom is 0.203 e. The largest absolute Gasteiger partial charge is 0.507 e. The van der Waals surface area contributed by atoms with Crippen LogP contribution in [0.5, 0.6) is 23.0 Å². The predicted molar refractivity (Wildman–Crippen MR) is 112 cm³/mol. The average Bonchev–Trinajstić information content (AvgIpc) is 2.76. The SMILES string of the molecule is CCC(C)c1cc(/C=C/C(=O)c2cc(OC)c(OC)c(OC)c2)cc(C=O)c1O. The summed E-state index contributed by atoms with van der Waals surface area (Å²) in [6, 6.07) is 6.49. The Hall–Kier alpha value is -3.28. The molecule has 2 aromatic carbocycles. The number of allylic oxidation sites excluding steroid dienone is 1. The molecule has 0 aromatic heterocycles. The van der Waals surface area contributed by atoms with Crippen LogP contribution >= 0.6 is 0 Å². The Morgan fingerprint density at radius 2 is 1.69 bits per heavy atom. The zero-order valence-electron chi connectivity index (χ0n) is 17.3. The van der Waals surface area contributed by atoms with E-state index in [1.54, 1.807) is 30.3 Å². The fourth-order valence-corrected chi connectivity index (χ4v) is 2.98. The zero-order chi connectivity index (χ0) is 21.6. The molecule has 0 saturated heterocycles. The molecular formula is C23H26O6. The lowest BCUT2D eigenvalue weighted by molar-refractivity contribution is 0.104. The number of carbonyl (C=O) groups excluding carboxylic acids is 2. The molecule has 0 bridgehead atoms. The summed E-state index contributed by atoms with van der Waals surface area (Å²) in [7, 11) is 4.45. The minimum Gasteiger partial charge on any atom is -0.507 e. The first-order chi connectivity index (χ1) is 13.9. The Bertz CT molecular complexity index is 904. The van der Waals surface area contributed by atoms with Gasteiger partial charge in [-0.3, -0.25) is 9.59 Å². The first-order valence-corrected chi connectivity index (χ1v) is 9.24. The number of aldehydes is 1. The van der Waals surface area contributed by atoms with Gasteiger partial charge in [-0.15, -0.1) is 0 Å². The number of phenols is 1. The van der Waals surface area contributed by atoms with Gasteiger partial charge in [0.05, 0.1) is 26.9 Å². The van der Waals surface area contributed by atoms with Crippen LogP contribution in [0.4, 0.5) is 0 Å². The summed E-state index contributed by atoms with van der Waals surface area (Å²) >= 11 is 0. The maximum atomic E-state index is 12.7. The van der Waals surface area contributed by atoms with Gasteiger partial charge in [-0.25, -0.2) is 0 Å². The van der Waals surface area contributed by atoms with E-state index in [-0.39, 0.29) is 23.0 Å². The highest BCUT2D eigenvalue weighted by atomic mass is 16.5. The van der Waals surface area contributed by atoms with Crippen LogP contribution in [0.3, 0.4) is 0 Å². The third kappa shape index (κ3) is 4.77. The fourth-order valence-electron chi connectivity index (χ4n) is 2.98. The van der Waals surface area contributed by atoms with Crippen molar-refractivity contribution in [1.82, 2.24) is 0 Å². The average molecular weight is 398 g/mol. The van der Waals surface area contributed by atoms with Crippen molar-refractivity contribution >= 4 is 18.1 Å². The van der Waals surface area contributed by atoms with Gasteiger partial charge in [0, 0.05) is 5.56 Å². The normalized spacial score (nSPS) is 11.9. The molecule has 2 aromatic rings. The van der Waals surface area contributed by atoms with Crippen molar-refractivity contribution in [2.75, 3.05) is 21.3 Å². The van der Waals surface area contributed by atoms with Crippen LogP contribution in [0.25, 0.3) is 6.08 Å². The molecule has 0 amide bonds. The Morgan fingerprint density at radius 3 is 2.17 bits per heavy atom. The minimum atomic E-state index is -0.268. The molecule has 6 nitrogen and oxygen atoms in total. The van der Waals surface area contributed by atoms with Crippen molar-refractivity contribution in [3.05, 3.63) is 52.6 Å². The number of ether oxygens (including phenoxy) is 3. The summed E-state index contributed by atoms with van der Waals surface area (Å²) in [5.41, 5.74) is 1.90. The summed E-state index contributed by atoms with van der Waals surface area (Å²) in [4.78, 5) is 24.0. The molecule has 1 unspecified atom stereocenters. The number of aromatic hydroxyl groups is 1. The maximum absolute atomic E-state index is 12.7. The van der Waals surface area contributed by atoms with E-state index in [9.17, 15) is 14.7 Å². The molecule has 0 saturated carbocycles. The van der Waals surface area contributed by atoms with E-state index in [2.05, 4.69) is 0 Å². The standard InChI is InChI=1S/C23H26O6/c1-6-14(2)18-10-15(9-17(13-24)22(18)26)7-8-19(25)16-11-20(27-3)23(29-5)21(12-16)28-4/h7-14,26H,6H2,1-5H3/b8-7+. The van der Waals surface area contributed by atoms with Gasteiger partial charge in [-0.2, -0.15) is 0 Å². The van der Waals surface area contributed by atoms with Gasteiger partial charge < -0.3 is 19.3 Å². The van der Waals surface area contributed by atoms with Gasteiger partial charge in [0.2, 0.25) is 5.75 Å². The van der Waals surface area contributed by atoms with Crippen LogP contribution in [0.15, 0.2) is 30.3 Å². The number of carbonyl (C=O) groups is 2. The van der Waals surface area contributed by atoms with E-state index in [4.69, 9.17) is 14.2 Å². The Labute approximate surface area is 170 Å². The van der Waals surface area contributed by atoms with E-state index in [1.165, 1.54) is 27.4 Å². The van der Waals surface area contributed by atoms with E-state index < -0.39 is 0 Å². The molecule has 0 aliphatic carbocycles. The molecule has 0 fully saturated rings. The Kier molecular flexibility index (Phi) is 7.42. The van der Waals surface area contributed by atoms with Crippen molar-refractivity contribution in [3.63, 3.8) is 0 Å². The molecule has 0 heterocycles. The lowest BCUT2D eigenvalue weighted by Gasteiger charge is -2.14. The van der Waals surface area contributed by atoms with E-state index in [1.807, 2.05) is 13.8 Å². The molecule has 154 valence electrons. The van der Waals surface area contributed by atoms with E-state index in [0.29, 0.717) is 40.2 Å². The minimum absolute atomic E-state index is 0.0116. The second-order valence-electron chi connectivity index (χ2n) is 6.59. The number of rotatable bonds is 9. The molecule has 2 rings (SSSR count). The van der Waals surface area contributed by atoms with E-state index >= 15 is 0 Å². The van der Waals surface area contributed by atoms with Crippen molar-refractivity contribution in [2.24, 2.45) is 0 Å². The van der Waals surface area contributed by atoms with Crippen LogP contribution in [-0.2, 0) is 0 Å². The van der Waals surface area contributed by atoms with Gasteiger partial charge in [-0.1, -0.05) is 19.9 Å². The summed E-state index contributed by atoms with van der Waals surface area (Å²) in [6.45, 7) is 3.97. The molecule has 0 aliphatic rings. The van der Waals surface area contributed by atoms with Crippen LogP contribution < -0.4 is 14.2 Å². The summed E-state index contributed by atoms with van der Waals surface area (Å²) in [5.74, 6) is 0.972. The number of methoxy groups -OCH3 is 3. The second-order valence-corrected chi connectivity index (χ2v) is 6.59. The Morgan fingerprint density at radius 1 is 1.07 bits per heavy atom. The fraction of sp³-hybridized carbons (Fsp3) is 0.304. The Balaban J connectivity index is 2.42. The van der Waals surface area contributed by atoms with E-state index in [0.717, 1.165) is 6.42 Å². The number of benzene rings is 2. The molecule has 6 heteroatoms.